The van der Waals surface area contributed by atoms with E-state index in [1.54, 1.807) is 0 Å². The van der Waals surface area contributed by atoms with E-state index in [1.807, 2.05) is 0 Å². The minimum Gasteiger partial charge on any atom is -0.374 e. The first kappa shape index (κ1) is 21.7. The molecule has 3 unspecified atom stereocenters. The van der Waals surface area contributed by atoms with Gasteiger partial charge in [0.05, 0.1) is 11.2 Å². The molecule has 5 aliphatic rings. The summed E-state index contributed by atoms with van der Waals surface area (Å²) in [5, 5.41) is 0. The highest BCUT2D eigenvalue weighted by atomic mass is 17.2. The van der Waals surface area contributed by atoms with Crippen LogP contribution in [-0.4, -0.2) is 23.9 Å². The lowest BCUT2D eigenvalue weighted by atomic mass is 9.43. The first-order valence-corrected chi connectivity index (χ1v) is 13.1. The maximum absolute atomic E-state index is 6.63. The van der Waals surface area contributed by atoms with Gasteiger partial charge in [-0.1, -0.05) is 27.2 Å². The van der Waals surface area contributed by atoms with Crippen molar-refractivity contribution in [2.75, 3.05) is 6.61 Å². The molecule has 0 N–H and O–H groups in total. The smallest absolute Gasteiger partial charge is 0.102 e. The fourth-order valence-electron chi connectivity index (χ4n) is 9.20. The van der Waals surface area contributed by atoms with Crippen LogP contribution < -0.4 is 0 Å². The second-order valence-corrected chi connectivity index (χ2v) is 13.3. The van der Waals surface area contributed by atoms with Crippen LogP contribution in [-0.2, 0) is 14.5 Å². The molecule has 0 aromatic carbocycles. The van der Waals surface area contributed by atoms with Crippen LogP contribution >= 0.6 is 0 Å². The molecule has 5 fully saturated rings. The molecule has 9 atom stereocenters. The molecule has 1 aliphatic heterocycles. The number of rotatable bonds is 2. The van der Waals surface area contributed by atoms with Crippen LogP contribution in [0.1, 0.15) is 106 Å². The van der Waals surface area contributed by atoms with E-state index < -0.39 is 0 Å². The summed E-state index contributed by atoms with van der Waals surface area (Å²) in [5.74, 6) is 4.18. The van der Waals surface area contributed by atoms with E-state index in [0.717, 1.165) is 36.2 Å². The number of hydrogen-bond acceptors (Lipinski definition) is 3. The Morgan fingerprint density at radius 3 is 2.40 bits per heavy atom. The molecule has 172 valence electrons. The molecule has 1 heterocycles. The van der Waals surface area contributed by atoms with Crippen molar-refractivity contribution in [3.63, 3.8) is 0 Å². The molecule has 0 bridgehead atoms. The molecule has 4 aliphatic carbocycles. The Morgan fingerprint density at radius 2 is 1.70 bits per heavy atom. The van der Waals surface area contributed by atoms with Crippen molar-refractivity contribution in [2.45, 2.75) is 123 Å². The summed E-state index contributed by atoms with van der Waals surface area (Å²) in [6, 6.07) is 0. The first-order chi connectivity index (χ1) is 14.1. The third kappa shape index (κ3) is 3.08. The van der Waals surface area contributed by atoms with Gasteiger partial charge in [-0.15, -0.1) is 0 Å². The van der Waals surface area contributed by atoms with Gasteiger partial charge in [0.25, 0.3) is 0 Å². The van der Waals surface area contributed by atoms with Gasteiger partial charge in [0, 0.05) is 12.0 Å². The standard InChI is InChI=1S/C27H46O3/c1-18-10-13-25(5)19(16-18)8-9-20-21-11-14-27(12-7-15-28-27)26(21,6)23(17-22(20)25)29-30-24(2,3)4/h18-23H,7-17H2,1-6H3/t18-,19-,20+,21+,22?,23?,25+,26-,27?/m1/s1. The lowest BCUT2D eigenvalue weighted by Gasteiger charge is -2.63. The van der Waals surface area contributed by atoms with Crippen molar-refractivity contribution >= 4 is 0 Å². The Bertz CT molecular complexity index is 647. The quantitative estimate of drug-likeness (QED) is 0.359. The molecule has 30 heavy (non-hydrogen) atoms. The largest absolute Gasteiger partial charge is 0.374 e. The highest BCUT2D eigenvalue weighted by molar-refractivity contribution is 5.18. The Kier molecular flexibility index (Phi) is 5.20. The summed E-state index contributed by atoms with van der Waals surface area (Å²) in [5.41, 5.74) is 0.325. The second-order valence-electron chi connectivity index (χ2n) is 13.3. The summed E-state index contributed by atoms with van der Waals surface area (Å²) >= 11 is 0. The van der Waals surface area contributed by atoms with Gasteiger partial charge in [-0.05, 0) is 114 Å². The van der Waals surface area contributed by atoms with E-state index in [4.69, 9.17) is 14.5 Å². The molecular formula is C27H46O3. The number of ether oxygens (including phenoxy) is 1. The van der Waals surface area contributed by atoms with Gasteiger partial charge < -0.3 is 4.74 Å². The predicted molar refractivity (Wildman–Crippen MR) is 120 cm³/mol. The average Bonchev–Trinajstić information content (AvgIpc) is 3.27. The van der Waals surface area contributed by atoms with Crippen molar-refractivity contribution in [1.82, 2.24) is 0 Å². The van der Waals surface area contributed by atoms with E-state index in [2.05, 4.69) is 41.5 Å². The Labute approximate surface area is 184 Å². The van der Waals surface area contributed by atoms with Crippen molar-refractivity contribution < 1.29 is 14.5 Å². The molecule has 1 spiro atoms. The second kappa shape index (κ2) is 7.19. The van der Waals surface area contributed by atoms with Crippen molar-refractivity contribution in [1.29, 1.82) is 0 Å². The monoisotopic (exact) mass is 418 g/mol. The Morgan fingerprint density at radius 1 is 0.900 bits per heavy atom. The first-order valence-electron chi connectivity index (χ1n) is 13.1. The van der Waals surface area contributed by atoms with Gasteiger partial charge in [-0.3, -0.25) is 0 Å². The Balaban J connectivity index is 1.50. The molecule has 3 heteroatoms. The molecule has 0 aromatic heterocycles. The summed E-state index contributed by atoms with van der Waals surface area (Å²) < 4.78 is 6.63. The lowest BCUT2D eigenvalue weighted by molar-refractivity contribution is -0.409. The molecule has 0 radical (unpaired) electrons. The maximum atomic E-state index is 6.63. The molecule has 3 nitrogen and oxygen atoms in total. The molecule has 1 saturated heterocycles. The van der Waals surface area contributed by atoms with Crippen LogP contribution in [0.4, 0.5) is 0 Å². The van der Waals surface area contributed by atoms with Crippen LogP contribution in [0.5, 0.6) is 0 Å². The van der Waals surface area contributed by atoms with Gasteiger partial charge in [0.2, 0.25) is 0 Å². The third-order valence-corrected chi connectivity index (χ3v) is 10.8. The van der Waals surface area contributed by atoms with E-state index >= 15 is 0 Å². The lowest BCUT2D eigenvalue weighted by Crippen LogP contribution is -2.62. The fourth-order valence-corrected chi connectivity index (χ4v) is 9.20. The van der Waals surface area contributed by atoms with Gasteiger partial charge >= 0.3 is 0 Å². The van der Waals surface area contributed by atoms with Crippen LogP contribution in [0.15, 0.2) is 0 Å². The molecule has 0 aromatic rings. The predicted octanol–water partition coefficient (Wildman–Crippen LogP) is 6.94. The van der Waals surface area contributed by atoms with E-state index in [9.17, 15) is 0 Å². The Hall–Kier alpha value is -0.120. The maximum Gasteiger partial charge on any atom is 0.102 e. The average molecular weight is 419 g/mol. The third-order valence-electron chi connectivity index (χ3n) is 10.8. The van der Waals surface area contributed by atoms with Crippen LogP contribution in [0.3, 0.4) is 0 Å². The highest BCUT2D eigenvalue weighted by Gasteiger charge is 2.70. The zero-order valence-corrected chi connectivity index (χ0v) is 20.5. The van der Waals surface area contributed by atoms with E-state index in [1.165, 1.54) is 64.2 Å². The van der Waals surface area contributed by atoms with E-state index in [0.29, 0.717) is 5.41 Å². The zero-order valence-electron chi connectivity index (χ0n) is 20.5. The van der Waals surface area contributed by atoms with Crippen LogP contribution in [0, 0.1) is 40.4 Å². The summed E-state index contributed by atoms with van der Waals surface area (Å²) in [6.07, 6.45) is 13.4. The van der Waals surface area contributed by atoms with Gasteiger partial charge in [-0.25, -0.2) is 9.78 Å². The van der Waals surface area contributed by atoms with E-state index in [-0.39, 0.29) is 22.7 Å². The highest BCUT2D eigenvalue weighted by Crippen LogP contribution is 2.70. The normalized spacial score (nSPS) is 53.4. The summed E-state index contributed by atoms with van der Waals surface area (Å²) in [4.78, 5) is 12.5. The number of fused-ring (bicyclic) bond motifs is 6. The molecule has 0 amide bonds. The zero-order chi connectivity index (χ0) is 21.4. The number of hydrogen-bond donors (Lipinski definition) is 0. The van der Waals surface area contributed by atoms with Crippen molar-refractivity contribution in [3.05, 3.63) is 0 Å². The van der Waals surface area contributed by atoms with Crippen molar-refractivity contribution in [3.8, 4) is 0 Å². The van der Waals surface area contributed by atoms with Gasteiger partial charge in [0.1, 0.15) is 6.10 Å². The topological polar surface area (TPSA) is 27.7 Å². The molecule has 4 saturated carbocycles. The van der Waals surface area contributed by atoms with Gasteiger partial charge in [0.15, 0.2) is 0 Å². The van der Waals surface area contributed by atoms with Crippen LogP contribution in [0.25, 0.3) is 0 Å². The molecular weight excluding hydrogens is 372 g/mol. The minimum atomic E-state index is -0.274. The summed E-state index contributed by atoms with van der Waals surface area (Å²) in [6.45, 7) is 14.9. The minimum absolute atomic E-state index is 0.0212. The molecule has 5 rings (SSSR count). The SMILES string of the molecule is C[C@@H]1CC[C@]2(C)C3CC(OOC(C)(C)C)[C@@]4(C)[C@@H](CCC45CCCO5)[C@@H]3CC[C@@H]2C1. The van der Waals surface area contributed by atoms with Gasteiger partial charge in [-0.2, -0.15) is 0 Å². The summed E-state index contributed by atoms with van der Waals surface area (Å²) in [7, 11) is 0. The van der Waals surface area contributed by atoms with Crippen molar-refractivity contribution in [2.24, 2.45) is 40.4 Å². The van der Waals surface area contributed by atoms with Crippen LogP contribution in [0.2, 0.25) is 0 Å². The fraction of sp³-hybridized carbons (Fsp3) is 1.00.